The van der Waals surface area contributed by atoms with Gasteiger partial charge in [-0.1, -0.05) is 13.8 Å². The van der Waals surface area contributed by atoms with E-state index in [-0.39, 0.29) is 0 Å². The van der Waals surface area contributed by atoms with E-state index in [1.54, 1.807) is 0 Å². The maximum atomic E-state index is 4.25. The van der Waals surface area contributed by atoms with Crippen LogP contribution >= 0.6 is 0 Å². The Balaban J connectivity index is 2.71. The van der Waals surface area contributed by atoms with Crippen LogP contribution in [0.15, 0.2) is 12.4 Å². The average Bonchev–Trinajstić information content (AvgIpc) is 2.06. The Morgan fingerprint density at radius 2 is 1.92 bits per heavy atom. The van der Waals surface area contributed by atoms with E-state index in [1.165, 1.54) is 0 Å². The van der Waals surface area contributed by atoms with Crippen molar-refractivity contribution in [1.29, 1.82) is 0 Å². The van der Waals surface area contributed by atoms with Gasteiger partial charge < -0.3 is 5.32 Å². The molecule has 3 heteroatoms. The summed E-state index contributed by atoms with van der Waals surface area (Å²) in [5.74, 6) is 1.32. The van der Waals surface area contributed by atoms with Gasteiger partial charge in [0, 0.05) is 30.4 Å². The van der Waals surface area contributed by atoms with Gasteiger partial charge in [0.1, 0.15) is 5.82 Å². The summed E-state index contributed by atoms with van der Waals surface area (Å²) >= 11 is 0. The van der Waals surface area contributed by atoms with Gasteiger partial charge in [-0.3, -0.25) is 0 Å². The molecule has 0 spiro atoms. The third-order valence-corrected chi connectivity index (χ3v) is 1.62. The van der Waals surface area contributed by atoms with E-state index >= 15 is 0 Å². The van der Waals surface area contributed by atoms with Crippen LogP contribution in [0.3, 0.4) is 0 Å². The van der Waals surface area contributed by atoms with Crippen LogP contribution in [0.2, 0.25) is 0 Å². The van der Waals surface area contributed by atoms with E-state index < -0.39 is 0 Å². The van der Waals surface area contributed by atoms with Gasteiger partial charge in [0.25, 0.3) is 0 Å². The van der Waals surface area contributed by atoms with Crippen molar-refractivity contribution >= 4 is 0 Å². The van der Waals surface area contributed by atoms with Crippen molar-refractivity contribution in [2.24, 2.45) is 0 Å². The highest BCUT2D eigenvalue weighted by atomic mass is 14.9. The van der Waals surface area contributed by atoms with Crippen LogP contribution in [0.25, 0.3) is 0 Å². The molecule has 1 N–H and O–H groups in total. The lowest BCUT2D eigenvalue weighted by molar-refractivity contribution is 0.751. The molecule has 0 unspecified atom stereocenters. The molecule has 0 aliphatic rings. The topological polar surface area (TPSA) is 37.8 Å². The summed E-state index contributed by atoms with van der Waals surface area (Å²) in [6, 6.07) is 0. The van der Waals surface area contributed by atoms with Crippen LogP contribution in [0.1, 0.15) is 31.2 Å². The van der Waals surface area contributed by atoms with Gasteiger partial charge in [-0.2, -0.15) is 0 Å². The van der Waals surface area contributed by atoms with Crippen molar-refractivity contribution in [3.05, 3.63) is 23.8 Å². The summed E-state index contributed by atoms with van der Waals surface area (Å²) in [5, 5.41) is 3.05. The zero-order chi connectivity index (χ0) is 8.97. The van der Waals surface area contributed by atoms with Crippen LogP contribution in [-0.4, -0.2) is 17.0 Å². The van der Waals surface area contributed by atoms with Crippen LogP contribution in [0, 0.1) is 0 Å². The first-order valence-corrected chi connectivity index (χ1v) is 4.19. The fourth-order valence-electron chi connectivity index (χ4n) is 0.958. The van der Waals surface area contributed by atoms with Gasteiger partial charge in [-0.15, -0.1) is 0 Å². The Morgan fingerprint density at radius 1 is 1.33 bits per heavy atom. The zero-order valence-corrected chi connectivity index (χ0v) is 7.83. The molecule has 0 aliphatic carbocycles. The second kappa shape index (κ2) is 4.16. The lowest BCUT2D eigenvalue weighted by Crippen LogP contribution is -2.07. The SMILES string of the molecule is CNCc1cnc(C(C)C)nc1. The minimum absolute atomic E-state index is 0.411. The highest BCUT2D eigenvalue weighted by molar-refractivity contribution is 5.06. The summed E-state index contributed by atoms with van der Waals surface area (Å²) in [4.78, 5) is 8.49. The standard InChI is InChI=1S/C9H15N3/c1-7(2)9-11-5-8(4-10-3)6-12-9/h5-7,10H,4H2,1-3H3. The number of nitrogens with one attached hydrogen (secondary N) is 1. The van der Waals surface area contributed by atoms with Crippen molar-refractivity contribution in [3.63, 3.8) is 0 Å². The fraction of sp³-hybridized carbons (Fsp3) is 0.556. The minimum atomic E-state index is 0.411. The van der Waals surface area contributed by atoms with Crippen molar-refractivity contribution < 1.29 is 0 Å². The lowest BCUT2D eigenvalue weighted by Gasteiger charge is -2.03. The Labute approximate surface area is 73.2 Å². The van der Waals surface area contributed by atoms with Crippen LogP contribution < -0.4 is 5.32 Å². The molecule has 66 valence electrons. The first-order chi connectivity index (χ1) is 5.74. The van der Waals surface area contributed by atoms with Crippen LogP contribution in [-0.2, 0) is 6.54 Å². The fourth-order valence-corrected chi connectivity index (χ4v) is 0.958. The van der Waals surface area contributed by atoms with Gasteiger partial charge in [-0.05, 0) is 7.05 Å². The van der Waals surface area contributed by atoms with E-state index in [2.05, 4.69) is 29.1 Å². The molecule has 0 aromatic carbocycles. The second-order valence-electron chi connectivity index (χ2n) is 3.13. The van der Waals surface area contributed by atoms with Gasteiger partial charge in [-0.25, -0.2) is 9.97 Å². The first kappa shape index (κ1) is 9.13. The number of nitrogens with zero attached hydrogens (tertiary/aromatic N) is 2. The summed E-state index contributed by atoms with van der Waals surface area (Å²) in [6.45, 7) is 5.01. The third-order valence-electron chi connectivity index (χ3n) is 1.62. The van der Waals surface area contributed by atoms with Crippen molar-refractivity contribution in [1.82, 2.24) is 15.3 Å². The Kier molecular flexibility index (Phi) is 3.17. The molecule has 1 rings (SSSR count). The van der Waals surface area contributed by atoms with E-state index in [0.29, 0.717) is 5.92 Å². The minimum Gasteiger partial charge on any atom is -0.316 e. The van der Waals surface area contributed by atoms with Gasteiger partial charge >= 0.3 is 0 Å². The molecule has 0 bridgehead atoms. The largest absolute Gasteiger partial charge is 0.316 e. The Hall–Kier alpha value is -0.960. The second-order valence-corrected chi connectivity index (χ2v) is 3.13. The van der Waals surface area contributed by atoms with E-state index in [4.69, 9.17) is 0 Å². The number of rotatable bonds is 3. The molecule has 0 fully saturated rings. The average molecular weight is 165 g/mol. The predicted molar refractivity (Wildman–Crippen MR) is 48.9 cm³/mol. The molecule has 12 heavy (non-hydrogen) atoms. The molecular weight excluding hydrogens is 150 g/mol. The molecular formula is C9H15N3. The monoisotopic (exact) mass is 165 g/mol. The predicted octanol–water partition coefficient (Wildman–Crippen LogP) is 1.32. The summed E-state index contributed by atoms with van der Waals surface area (Å²) in [7, 11) is 1.91. The summed E-state index contributed by atoms with van der Waals surface area (Å²) < 4.78 is 0. The summed E-state index contributed by atoms with van der Waals surface area (Å²) in [6.07, 6.45) is 3.75. The van der Waals surface area contributed by atoms with E-state index in [9.17, 15) is 0 Å². The first-order valence-electron chi connectivity index (χ1n) is 4.19. The summed E-state index contributed by atoms with van der Waals surface area (Å²) in [5.41, 5.74) is 1.13. The number of hydrogen-bond donors (Lipinski definition) is 1. The zero-order valence-electron chi connectivity index (χ0n) is 7.83. The third kappa shape index (κ3) is 2.27. The smallest absolute Gasteiger partial charge is 0.130 e. The van der Waals surface area contributed by atoms with Crippen LogP contribution in [0.4, 0.5) is 0 Å². The van der Waals surface area contributed by atoms with Gasteiger partial charge in [0.15, 0.2) is 0 Å². The highest BCUT2D eigenvalue weighted by Gasteiger charge is 2.00. The van der Waals surface area contributed by atoms with Crippen molar-refractivity contribution in [2.75, 3.05) is 7.05 Å². The van der Waals surface area contributed by atoms with E-state index in [1.807, 2.05) is 19.4 Å². The molecule has 0 atom stereocenters. The molecule has 0 aliphatic heterocycles. The lowest BCUT2D eigenvalue weighted by atomic mass is 10.2. The van der Waals surface area contributed by atoms with Crippen molar-refractivity contribution in [3.8, 4) is 0 Å². The maximum absolute atomic E-state index is 4.25. The van der Waals surface area contributed by atoms with Gasteiger partial charge in [0.2, 0.25) is 0 Å². The molecule has 0 radical (unpaired) electrons. The Morgan fingerprint density at radius 3 is 2.33 bits per heavy atom. The molecule has 0 amide bonds. The highest BCUT2D eigenvalue weighted by Crippen LogP contribution is 2.07. The normalized spacial score (nSPS) is 10.7. The Bertz CT molecular complexity index is 228. The molecule has 1 heterocycles. The number of aromatic nitrogens is 2. The van der Waals surface area contributed by atoms with Crippen molar-refractivity contribution in [2.45, 2.75) is 26.3 Å². The molecule has 0 saturated carbocycles. The van der Waals surface area contributed by atoms with Gasteiger partial charge in [0.05, 0.1) is 0 Å². The van der Waals surface area contributed by atoms with Crippen LogP contribution in [0.5, 0.6) is 0 Å². The molecule has 1 aromatic rings. The molecule has 0 saturated heterocycles. The van der Waals surface area contributed by atoms with E-state index in [0.717, 1.165) is 17.9 Å². The molecule has 3 nitrogen and oxygen atoms in total. The maximum Gasteiger partial charge on any atom is 0.130 e. The number of hydrogen-bond acceptors (Lipinski definition) is 3. The quantitative estimate of drug-likeness (QED) is 0.734. The molecule has 1 aromatic heterocycles.